The Hall–Kier alpha value is -2.50. The molecule has 0 saturated heterocycles. The number of carbonyl (C=O) groups excluding carboxylic acids is 1. The molecule has 2 N–H and O–H groups in total. The van der Waals surface area contributed by atoms with Crippen LogP contribution in [0.15, 0.2) is 34.8 Å². The van der Waals surface area contributed by atoms with Crippen molar-refractivity contribution >= 4 is 11.9 Å². The van der Waals surface area contributed by atoms with Crippen LogP contribution in [0.25, 0.3) is 0 Å². The van der Waals surface area contributed by atoms with Crippen molar-refractivity contribution in [3.8, 4) is 5.75 Å². The third-order valence-corrected chi connectivity index (χ3v) is 4.48. The minimum Gasteiger partial charge on any atom is -0.496 e. The highest BCUT2D eigenvalue weighted by atomic mass is 16.5. The largest absolute Gasteiger partial charge is 0.496 e. The quantitative estimate of drug-likeness (QED) is 0.339. The molecule has 0 unspecified atom stereocenters. The van der Waals surface area contributed by atoms with Crippen molar-refractivity contribution < 1.29 is 14.3 Å². The molecule has 2 rings (SSSR count). The predicted molar refractivity (Wildman–Crippen MR) is 104 cm³/mol. The Kier molecular flexibility index (Phi) is 7.99. The van der Waals surface area contributed by atoms with Crippen LogP contribution in [0.1, 0.15) is 48.0 Å². The van der Waals surface area contributed by atoms with Crippen molar-refractivity contribution in [1.29, 1.82) is 0 Å². The summed E-state index contributed by atoms with van der Waals surface area (Å²) < 4.78 is 10.0. The van der Waals surface area contributed by atoms with Crippen molar-refractivity contribution in [2.75, 3.05) is 27.8 Å². The van der Waals surface area contributed by atoms with Gasteiger partial charge in [-0.2, -0.15) is 0 Å². The van der Waals surface area contributed by atoms with Gasteiger partial charge in [0.1, 0.15) is 11.3 Å². The number of carbonyl (C=O) groups is 1. The average molecular weight is 359 g/mol. The van der Waals surface area contributed by atoms with E-state index < -0.39 is 5.97 Å². The number of esters is 1. The SMILES string of the molecule is CN=C(NCCC1=CCCCC1)NCc1ccc(OC)c(C(=O)OC)c1. The Morgan fingerprint density at radius 3 is 2.73 bits per heavy atom. The number of nitrogens with zero attached hydrogens (tertiary/aromatic N) is 1. The summed E-state index contributed by atoms with van der Waals surface area (Å²) in [5.74, 6) is 0.840. The molecule has 6 nitrogen and oxygen atoms in total. The molecule has 0 fully saturated rings. The highest BCUT2D eigenvalue weighted by Crippen LogP contribution is 2.21. The predicted octanol–water partition coefficient (Wildman–Crippen LogP) is 3.04. The van der Waals surface area contributed by atoms with Crippen molar-refractivity contribution in [2.24, 2.45) is 4.99 Å². The number of benzene rings is 1. The maximum atomic E-state index is 11.9. The Morgan fingerprint density at radius 1 is 1.23 bits per heavy atom. The summed E-state index contributed by atoms with van der Waals surface area (Å²) in [6.07, 6.45) is 8.47. The number of allylic oxidation sites excluding steroid dienone is 1. The van der Waals surface area contributed by atoms with E-state index in [1.54, 1.807) is 19.2 Å². The third kappa shape index (κ3) is 5.79. The highest BCUT2D eigenvalue weighted by molar-refractivity contribution is 5.92. The first-order chi connectivity index (χ1) is 12.7. The van der Waals surface area contributed by atoms with Crippen LogP contribution >= 0.6 is 0 Å². The second kappa shape index (κ2) is 10.5. The molecular formula is C20H29N3O3. The first-order valence-electron chi connectivity index (χ1n) is 9.05. The van der Waals surface area contributed by atoms with Crippen LogP contribution in [0.5, 0.6) is 5.75 Å². The van der Waals surface area contributed by atoms with Gasteiger partial charge in [-0.1, -0.05) is 17.7 Å². The fourth-order valence-corrected chi connectivity index (χ4v) is 3.01. The first kappa shape index (κ1) is 19.8. The molecule has 1 aromatic rings. The summed E-state index contributed by atoms with van der Waals surface area (Å²) in [6, 6.07) is 5.46. The lowest BCUT2D eigenvalue weighted by atomic mass is 9.97. The fourth-order valence-electron chi connectivity index (χ4n) is 3.01. The van der Waals surface area contributed by atoms with Gasteiger partial charge in [-0.05, 0) is 49.8 Å². The number of rotatable bonds is 7. The van der Waals surface area contributed by atoms with Gasteiger partial charge in [0.2, 0.25) is 0 Å². The van der Waals surface area contributed by atoms with E-state index >= 15 is 0 Å². The van der Waals surface area contributed by atoms with E-state index in [-0.39, 0.29) is 0 Å². The molecule has 0 radical (unpaired) electrons. The molecule has 0 amide bonds. The smallest absolute Gasteiger partial charge is 0.341 e. The van der Waals surface area contributed by atoms with Gasteiger partial charge in [0.25, 0.3) is 0 Å². The Labute approximate surface area is 155 Å². The zero-order valence-corrected chi connectivity index (χ0v) is 15.9. The third-order valence-electron chi connectivity index (χ3n) is 4.48. The summed E-state index contributed by atoms with van der Waals surface area (Å²) >= 11 is 0. The molecule has 0 atom stereocenters. The lowest BCUT2D eigenvalue weighted by molar-refractivity contribution is 0.0597. The molecule has 0 aromatic heterocycles. The average Bonchev–Trinajstić information content (AvgIpc) is 2.70. The molecule has 6 heteroatoms. The van der Waals surface area contributed by atoms with E-state index in [0.717, 1.165) is 24.5 Å². The van der Waals surface area contributed by atoms with Crippen molar-refractivity contribution in [3.63, 3.8) is 0 Å². The molecular weight excluding hydrogens is 330 g/mol. The molecule has 0 bridgehead atoms. The van der Waals surface area contributed by atoms with Gasteiger partial charge in [0.15, 0.2) is 5.96 Å². The molecule has 0 spiro atoms. The second-order valence-electron chi connectivity index (χ2n) is 6.24. The van der Waals surface area contributed by atoms with Crippen LogP contribution < -0.4 is 15.4 Å². The summed E-state index contributed by atoms with van der Waals surface area (Å²) in [4.78, 5) is 16.1. The number of methoxy groups -OCH3 is 2. The van der Waals surface area contributed by atoms with E-state index in [2.05, 4.69) is 21.7 Å². The Bertz CT molecular complexity index is 668. The van der Waals surface area contributed by atoms with Crippen LogP contribution in [0.2, 0.25) is 0 Å². The first-order valence-corrected chi connectivity index (χ1v) is 9.05. The summed E-state index contributed by atoms with van der Waals surface area (Å²) in [5, 5.41) is 6.61. The van der Waals surface area contributed by atoms with Crippen LogP contribution in [0.3, 0.4) is 0 Å². The molecule has 0 saturated carbocycles. The second-order valence-corrected chi connectivity index (χ2v) is 6.24. The van der Waals surface area contributed by atoms with E-state index in [0.29, 0.717) is 17.9 Å². The zero-order valence-electron chi connectivity index (χ0n) is 15.9. The van der Waals surface area contributed by atoms with E-state index in [1.165, 1.54) is 45.5 Å². The van der Waals surface area contributed by atoms with Crippen molar-refractivity contribution in [3.05, 3.63) is 41.0 Å². The van der Waals surface area contributed by atoms with Crippen molar-refractivity contribution in [1.82, 2.24) is 10.6 Å². The molecule has 1 aliphatic carbocycles. The molecule has 0 aliphatic heterocycles. The van der Waals surface area contributed by atoms with Crippen LogP contribution in [0.4, 0.5) is 0 Å². The standard InChI is InChI=1S/C20H29N3O3/c1-21-20(22-12-11-15-7-5-4-6-8-15)23-14-16-9-10-18(25-2)17(13-16)19(24)26-3/h7,9-10,13H,4-6,8,11-12,14H2,1-3H3,(H2,21,22,23). The number of ether oxygens (including phenoxy) is 2. The van der Waals surface area contributed by atoms with Crippen LogP contribution in [-0.4, -0.2) is 39.7 Å². The number of aliphatic imine (C=N–C) groups is 1. The number of nitrogens with one attached hydrogen (secondary N) is 2. The molecule has 142 valence electrons. The number of guanidine groups is 1. The molecule has 0 heterocycles. The van der Waals surface area contributed by atoms with Gasteiger partial charge in [-0.15, -0.1) is 0 Å². The van der Waals surface area contributed by atoms with Crippen LogP contribution in [0, 0.1) is 0 Å². The normalized spacial score (nSPS) is 14.4. The zero-order chi connectivity index (χ0) is 18.8. The van der Waals surface area contributed by atoms with Crippen LogP contribution in [-0.2, 0) is 11.3 Å². The maximum absolute atomic E-state index is 11.9. The van der Waals surface area contributed by atoms with Crippen molar-refractivity contribution in [2.45, 2.75) is 38.6 Å². The molecule has 1 aromatic carbocycles. The number of hydrogen-bond acceptors (Lipinski definition) is 4. The molecule has 1 aliphatic rings. The fraction of sp³-hybridized carbons (Fsp3) is 0.500. The van der Waals surface area contributed by atoms with E-state index in [9.17, 15) is 4.79 Å². The van der Waals surface area contributed by atoms with Gasteiger partial charge < -0.3 is 20.1 Å². The summed E-state index contributed by atoms with van der Waals surface area (Å²) in [5.41, 5.74) is 2.91. The van der Waals surface area contributed by atoms with Gasteiger partial charge in [0, 0.05) is 20.1 Å². The lowest BCUT2D eigenvalue weighted by Crippen LogP contribution is -2.37. The summed E-state index contributed by atoms with van der Waals surface area (Å²) in [7, 11) is 4.65. The van der Waals surface area contributed by atoms with Gasteiger partial charge >= 0.3 is 5.97 Å². The monoisotopic (exact) mass is 359 g/mol. The Morgan fingerprint density at radius 2 is 2.08 bits per heavy atom. The lowest BCUT2D eigenvalue weighted by Gasteiger charge is -2.15. The maximum Gasteiger partial charge on any atom is 0.341 e. The van der Waals surface area contributed by atoms with Gasteiger partial charge in [-0.3, -0.25) is 4.99 Å². The number of hydrogen-bond donors (Lipinski definition) is 2. The topological polar surface area (TPSA) is 72.0 Å². The Balaban J connectivity index is 1.87. The minimum absolute atomic E-state index is 0.410. The highest BCUT2D eigenvalue weighted by Gasteiger charge is 2.13. The van der Waals surface area contributed by atoms with E-state index in [4.69, 9.17) is 9.47 Å². The summed E-state index contributed by atoms with van der Waals surface area (Å²) in [6.45, 7) is 1.41. The minimum atomic E-state index is -0.410. The van der Waals surface area contributed by atoms with Gasteiger partial charge in [0.05, 0.1) is 14.2 Å². The van der Waals surface area contributed by atoms with E-state index in [1.807, 2.05) is 6.07 Å². The molecule has 26 heavy (non-hydrogen) atoms. The van der Waals surface area contributed by atoms with Gasteiger partial charge in [-0.25, -0.2) is 4.79 Å².